The maximum Gasteiger partial charge on any atom is 0.298 e. The van der Waals surface area contributed by atoms with E-state index in [1.807, 2.05) is 4.90 Å². The summed E-state index contributed by atoms with van der Waals surface area (Å²) in [6, 6.07) is 5.79. The zero-order valence-corrected chi connectivity index (χ0v) is 12.5. The van der Waals surface area contributed by atoms with Gasteiger partial charge < -0.3 is 9.32 Å². The first-order chi connectivity index (χ1) is 9.43. The molecule has 0 radical (unpaired) electrons. The molecule has 1 aliphatic rings. The second-order valence-electron chi connectivity index (χ2n) is 4.76. The number of anilines is 1. The van der Waals surface area contributed by atoms with Crippen LogP contribution in [0.25, 0.3) is 11.1 Å². The van der Waals surface area contributed by atoms with E-state index < -0.39 is 10.0 Å². The first kappa shape index (κ1) is 13.7. The smallest absolute Gasteiger partial charge is 0.298 e. The van der Waals surface area contributed by atoms with Crippen molar-refractivity contribution in [2.75, 3.05) is 37.3 Å². The molecule has 6 nitrogen and oxygen atoms in total. The van der Waals surface area contributed by atoms with E-state index in [4.69, 9.17) is 16.0 Å². The highest BCUT2D eigenvalue weighted by Gasteiger charge is 2.25. The van der Waals surface area contributed by atoms with E-state index in [1.165, 1.54) is 10.6 Å². The van der Waals surface area contributed by atoms with Crippen molar-refractivity contribution >= 4 is 38.7 Å². The lowest BCUT2D eigenvalue weighted by molar-refractivity contribution is 0.376. The van der Waals surface area contributed by atoms with Crippen LogP contribution in [0.2, 0.25) is 5.02 Å². The second kappa shape index (κ2) is 4.91. The Balaban J connectivity index is 1.80. The topological polar surface area (TPSA) is 66.7 Å². The first-order valence-corrected chi connectivity index (χ1v) is 8.42. The molecule has 8 heteroatoms. The molecule has 1 aliphatic heterocycles. The minimum absolute atomic E-state index is 0.443. The maximum absolute atomic E-state index is 11.5. The number of piperazine rings is 1. The fourth-order valence-corrected chi connectivity index (χ4v) is 3.23. The molecule has 2 heterocycles. The molecular weight excluding hydrogens is 302 g/mol. The number of aromatic nitrogens is 1. The minimum Gasteiger partial charge on any atom is -0.423 e. The van der Waals surface area contributed by atoms with Gasteiger partial charge in [-0.3, -0.25) is 0 Å². The van der Waals surface area contributed by atoms with Gasteiger partial charge in [0, 0.05) is 31.2 Å². The third kappa shape index (κ3) is 2.61. The Morgan fingerprint density at radius 2 is 1.95 bits per heavy atom. The van der Waals surface area contributed by atoms with E-state index in [0.29, 0.717) is 48.3 Å². The first-order valence-electron chi connectivity index (χ1n) is 6.20. The third-order valence-corrected chi connectivity index (χ3v) is 4.85. The van der Waals surface area contributed by atoms with E-state index in [-0.39, 0.29) is 0 Å². The zero-order chi connectivity index (χ0) is 14.3. The summed E-state index contributed by atoms with van der Waals surface area (Å²) in [5, 5.41) is 0.610. The monoisotopic (exact) mass is 315 g/mol. The molecule has 0 unspecified atom stereocenters. The van der Waals surface area contributed by atoms with E-state index in [2.05, 4.69) is 4.98 Å². The van der Waals surface area contributed by atoms with Crippen LogP contribution in [0.4, 0.5) is 6.01 Å². The van der Waals surface area contributed by atoms with Crippen LogP contribution in [0.5, 0.6) is 0 Å². The molecule has 20 heavy (non-hydrogen) atoms. The average Bonchev–Trinajstić information content (AvgIpc) is 2.80. The van der Waals surface area contributed by atoms with Gasteiger partial charge in [-0.2, -0.15) is 9.29 Å². The van der Waals surface area contributed by atoms with Crippen LogP contribution in [0.1, 0.15) is 0 Å². The molecule has 0 N–H and O–H groups in total. The third-order valence-electron chi connectivity index (χ3n) is 3.32. The summed E-state index contributed by atoms with van der Waals surface area (Å²) in [6.45, 7) is 2.01. The van der Waals surface area contributed by atoms with Crippen molar-refractivity contribution in [1.82, 2.24) is 9.29 Å². The highest BCUT2D eigenvalue weighted by atomic mass is 35.5. The van der Waals surface area contributed by atoms with Crippen LogP contribution in [0.3, 0.4) is 0 Å². The predicted molar refractivity (Wildman–Crippen MR) is 77.6 cm³/mol. The number of fused-ring (bicyclic) bond motifs is 1. The van der Waals surface area contributed by atoms with E-state index in [0.717, 1.165) is 0 Å². The van der Waals surface area contributed by atoms with Crippen molar-refractivity contribution < 1.29 is 12.8 Å². The van der Waals surface area contributed by atoms with E-state index >= 15 is 0 Å². The van der Waals surface area contributed by atoms with Gasteiger partial charge in [-0.25, -0.2) is 8.42 Å². The molecule has 0 saturated carbocycles. The van der Waals surface area contributed by atoms with Crippen molar-refractivity contribution in [2.24, 2.45) is 0 Å². The molecule has 0 spiro atoms. The molecule has 3 rings (SSSR count). The predicted octanol–water partition coefficient (Wildman–Crippen LogP) is 1.56. The van der Waals surface area contributed by atoms with Crippen molar-refractivity contribution in [3.63, 3.8) is 0 Å². The van der Waals surface area contributed by atoms with Gasteiger partial charge in [-0.15, -0.1) is 0 Å². The standard InChI is InChI=1S/C12H14ClN3O3S/c1-20(17,18)16-6-4-15(5-7-16)12-14-10-8-9(13)2-3-11(10)19-12/h2-3,8H,4-7H2,1H3. The van der Waals surface area contributed by atoms with Gasteiger partial charge in [0.1, 0.15) is 5.52 Å². The largest absolute Gasteiger partial charge is 0.423 e. The van der Waals surface area contributed by atoms with Gasteiger partial charge in [-0.05, 0) is 18.2 Å². The van der Waals surface area contributed by atoms with Gasteiger partial charge in [0.25, 0.3) is 6.01 Å². The second-order valence-corrected chi connectivity index (χ2v) is 7.18. The molecule has 0 aliphatic carbocycles. The van der Waals surface area contributed by atoms with Gasteiger partial charge in [0.05, 0.1) is 6.26 Å². The van der Waals surface area contributed by atoms with Crippen molar-refractivity contribution in [1.29, 1.82) is 0 Å². The molecule has 0 atom stereocenters. The average molecular weight is 316 g/mol. The van der Waals surface area contributed by atoms with Crippen LogP contribution in [0.15, 0.2) is 22.6 Å². The molecule has 1 aromatic heterocycles. The van der Waals surface area contributed by atoms with Gasteiger partial charge in [0.2, 0.25) is 10.0 Å². The highest BCUT2D eigenvalue weighted by molar-refractivity contribution is 7.88. The number of rotatable bonds is 2. The Bertz CT molecular complexity index is 735. The van der Waals surface area contributed by atoms with Crippen LogP contribution in [-0.4, -0.2) is 50.1 Å². The molecule has 108 valence electrons. The Kier molecular flexibility index (Phi) is 3.35. The Hall–Kier alpha value is -1.31. The zero-order valence-electron chi connectivity index (χ0n) is 10.9. The number of hydrogen-bond donors (Lipinski definition) is 0. The SMILES string of the molecule is CS(=O)(=O)N1CCN(c2nc3cc(Cl)ccc3o2)CC1. The van der Waals surface area contributed by atoms with Crippen molar-refractivity contribution in [3.05, 3.63) is 23.2 Å². The summed E-state index contributed by atoms with van der Waals surface area (Å²) in [6.07, 6.45) is 1.23. The van der Waals surface area contributed by atoms with Crippen LogP contribution >= 0.6 is 11.6 Å². The summed E-state index contributed by atoms with van der Waals surface area (Å²) in [4.78, 5) is 6.33. The highest BCUT2D eigenvalue weighted by Crippen LogP contribution is 2.25. The summed E-state index contributed by atoms with van der Waals surface area (Å²) in [5.41, 5.74) is 1.38. The number of sulfonamides is 1. The Morgan fingerprint density at radius 1 is 1.25 bits per heavy atom. The Morgan fingerprint density at radius 3 is 2.60 bits per heavy atom. The van der Waals surface area contributed by atoms with Crippen molar-refractivity contribution in [2.45, 2.75) is 0 Å². The lowest BCUT2D eigenvalue weighted by Gasteiger charge is -2.32. The molecule has 2 aromatic rings. The molecule has 1 saturated heterocycles. The van der Waals surface area contributed by atoms with Crippen molar-refractivity contribution in [3.8, 4) is 0 Å². The molecule has 1 aromatic carbocycles. The van der Waals surface area contributed by atoms with E-state index in [1.54, 1.807) is 18.2 Å². The van der Waals surface area contributed by atoms with Crippen LogP contribution in [-0.2, 0) is 10.0 Å². The summed E-state index contributed by atoms with van der Waals surface area (Å²) in [5.74, 6) is 0. The molecule has 0 bridgehead atoms. The quantitative estimate of drug-likeness (QED) is 0.841. The van der Waals surface area contributed by atoms with Gasteiger partial charge >= 0.3 is 0 Å². The van der Waals surface area contributed by atoms with Crippen LogP contribution < -0.4 is 4.90 Å². The van der Waals surface area contributed by atoms with Gasteiger partial charge in [-0.1, -0.05) is 11.6 Å². The minimum atomic E-state index is -3.12. The van der Waals surface area contributed by atoms with Crippen LogP contribution in [0, 0.1) is 0 Å². The fourth-order valence-electron chi connectivity index (χ4n) is 2.23. The number of nitrogens with zero attached hydrogens (tertiary/aromatic N) is 3. The lowest BCUT2D eigenvalue weighted by Crippen LogP contribution is -2.48. The summed E-state index contributed by atoms with van der Waals surface area (Å²) >= 11 is 5.91. The normalized spacial score (nSPS) is 17.8. The fraction of sp³-hybridized carbons (Fsp3) is 0.417. The van der Waals surface area contributed by atoms with Gasteiger partial charge in [0.15, 0.2) is 5.58 Å². The maximum atomic E-state index is 11.5. The molecule has 0 amide bonds. The number of oxazole rings is 1. The number of hydrogen-bond acceptors (Lipinski definition) is 5. The summed E-state index contributed by atoms with van der Waals surface area (Å²) in [7, 11) is -3.12. The van der Waals surface area contributed by atoms with E-state index in [9.17, 15) is 8.42 Å². The number of halogens is 1. The lowest BCUT2D eigenvalue weighted by atomic mass is 10.3. The summed E-state index contributed by atoms with van der Waals surface area (Å²) < 4.78 is 30.1. The Labute approximate surface area is 122 Å². The molecule has 1 fully saturated rings. The molecular formula is C12H14ClN3O3S. The number of benzene rings is 1.